The van der Waals surface area contributed by atoms with Crippen LogP contribution in [0.2, 0.25) is 0 Å². The molecule has 0 unspecified atom stereocenters. The van der Waals surface area contributed by atoms with Gasteiger partial charge in [0.2, 0.25) is 11.8 Å². The maximum atomic E-state index is 13.3. The van der Waals surface area contributed by atoms with Gasteiger partial charge >= 0.3 is 23.8 Å². The van der Waals surface area contributed by atoms with E-state index in [1.54, 1.807) is 51.1 Å². The number of imide groups is 1. The number of β-lactam (4-membered cyclic amide) rings is 1. The minimum Gasteiger partial charge on any atom is -0.480 e. The normalized spacial score (nSPS) is 25.7. The Hall–Kier alpha value is -3.61. The standard InChI is InChI=1S/C23H27N5O7S/c1-4-26-10-11-27(19(32)18(26)31)22(35)25-13(12-8-6-5-7-9-12)16(29)24-14-17(30)28-15(21(33)34)23(2,3)36-20(14)28/h5-9,13-15,20H,4,10-11H2,1-3H3,(H,24,29)(H,25,35)(H,33,34)/t13-,14+,15-,20-/m0/s1. The number of fused-ring (bicyclic) bond motifs is 1. The van der Waals surface area contributed by atoms with Crippen LogP contribution in [0.4, 0.5) is 4.79 Å². The lowest BCUT2D eigenvalue weighted by Gasteiger charge is -2.44. The van der Waals surface area contributed by atoms with Gasteiger partial charge in [0.25, 0.3) is 0 Å². The van der Waals surface area contributed by atoms with E-state index in [2.05, 4.69) is 10.6 Å². The van der Waals surface area contributed by atoms with Gasteiger partial charge < -0.3 is 25.5 Å². The summed E-state index contributed by atoms with van der Waals surface area (Å²) in [7, 11) is 0. The molecule has 3 fully saturated rings. The molecule has 4 rings (SSSR count). The summed E-state index contributed by atoms with van der Waals surface area (Å²) in [6, 6.07) is 4.11. The van der Waals surface area contributed by atoms with Gasteiger partial charge in [-0.25, -0.2) is 9.59 Å². The van der Waals surface area contributed by atoms with Gasteiger partial charge in [0.1, 0.15) is 23.5 Å². The van der Waals surface area contributed by atoms with Crippen LogP contribution in [0.25, 0.3) is 0 Å². The number of urea groups is 1. The Morgan fingerprint density at radius 1 is 1.11 bits per heavy atom. The molecule has 3 heterocycles. The molecular formula is C23H27N5O7S. The number of aliphatic carboxylic acids is 1. The van der Waals surface area contributed by atoms with Crippen LogP contribution in [0.5, 0.6) is 0 Å². The highest BCUT2D eigenvalue weighted by atomic mass is 32.2. The second-order valence-corrected chi connectivity index (χ2v) is 11.0. The van der Waals surface area contributed by atoms with E-state index in [1.165, 1.54) is 21.6 Å². The van der Waals surface area contributed by atoms with Crippen LogP contribution >= 0.6 is 11.8 Å². The second kappa shape index (κ2) is 9.45. The molecule has 3 aliphatic heterocycles. The van der Waals surface area contributed by atoms with Gasteiger partial charge in [0, 0.05) is 24.4 Å². The van der Waals surface area contributed by atoms with Crippen molar-refractivity contribution in [2.24, 2.45) is 0 Å². The molecule has 6 amide bonds. The number of piperazine rings is 1. The molecule has 0 radical (unpaired) electrons. The van der Waals surface area contributed by atoms with Crippen LogP contribution in [0.15, 0.2) is 30.3 Å². The molecular weight excluding hydrogens is 490 g/mol. The summed E-state index contributed by atoms with van der Waals surface area (Å²) in [5, 5.41) is 14.2. The third-order valence-electron chi connectivity index (χ3n) is 6.57. The zero-order chi connectivity index (χ0) is 26.4. The largest absolute Gasteiger partial charge is 0.480 e. The van der Waals surface area contributed by atoms with Crippen molar-refractivity contribution in [2.45, 2.75) is 49.0 Å². The lowest BCUT2D eigenvalue weighted by atomic mass is 9.95. The molecule has 3 saturated heterocycles. The van der Waals surface area contributed by atoms with Crippen LogP contribution in [0.3, 0.4) is 0 Å². The Morgan fingerprint density at radius 3 is 2.39 bits per heavy atom. The molecule has 13 heteroatoms. The number of carbonyl (C=O) groups is 6. The first-order valence-corrected chi connectivity index (χ1v) is 12.3. The number of hydrogen-bond acceptors (Lipinski definition) is 7. The molecule has 12 nitrogen and oxygen atoms in total. The number of nitrogens with zero attached hydrogens (tertiary/aromatic N) is 3. The zero-order valence-electron chi connectivity index (χ0n) is 20.0. The summed E-state index contributed by atoms with van der Waals surface area (Å²) in [6.45, 7) is 5.67. The summed E-state index contributed by atoms with van der Waals surface area (Å²) in [6.07, 6.45) is 0. The molecule has 0 aliphatic carbocycles. The highest BCUT2D eigenvalue weighted by Gasteiger charge is 2.64. The van der Waals surface area contributed by atoms with E-state index in [0.717, 1.165) is 4.90 Å². The number of nitrogens with one attached hydrogen (secondary N) is 2. The Kier molecular flexibility index (Phi) is 6.69. The first-order valence-electron chi connectivity index (χ1n) is 11.5. The fourth-order valence-electron chi connectivity index (χ4n) is 4.70. The van der Waals surface area contributed by atoms with E-state index < -0.39 is 63.9 Å². The Balaban J connectivity index is 1.51. The number of amides is 6. The Morgan fingerprint density at radius 2 is 1.78 bits per heavy atom. The topological polar surface area (TPSA) is 156 Å². The fraction of sp³-hybridized carbons (Fsp3) is 0.478. The number of carbonyl (C=O) groups excluding carboxylic acids is 5. The summed E-state index contributed by atoms with van der Waals surface area (Å²) in [5.41, 5.74) is 0.403. The van der Waals surface area contributed by atoms with Crippen molar-refractivity contribution in [2.75, 3.05) is 19.6 Å². The van der Waals surface area contributed by atoms with Crippen molar-refractivity contribution in [3.63, 3.8) is 0 Å². The third-order valence-corrected chi connectivity index (χ3v) is 8.14. The lowest BCUT2D eigenvalue weighted by molar-refractivity contribution is -0.161. The maximum Gasteiger partial charge on any atom is 0.327 e. The minimum absolute atomic E-state index is 0.0200. The quantitative estimate of drug-likeness (QED) is 0.345. The molecule has 36 heavy (non-hydrogen) atoms. The van der Waals surface area contributed by atoms with Crippen molar-refractivity contribution in [3.8, 4) is 0 Å². The molecule has 3 N–H and O–H groups in total. The number of carboxylic acid groups (broad SMARTS) is 1. The van der Waals surface area contributed by atoms with Crippen molar-refractivity contribution in [1.29, 1.82) is 0 Å². The van der Waals surface area contributed by atoms with E-state index >= 15 is 0 Å². The number of hydrogen-bond donors (Lipinski definition) is 3. The highest BCUT2D eigenvalue weighted by Crippen LogP contribution is 2.50. The molecule has 0 spiro atoms. The van der Waals surface area contributed by atoms with Crippen molar-refractivity contribution < 1.29 is 33.9 Å². The molecule has 1 aromatic carbocycles. The fourth-order valence-corrected chi connectivity index (χ4v) is 6.32. The second-order valence-electron chi connectivity index (χ2n) is 9.22. The third kappa shape index (κ3) is 4.27. The SMILES string of the molecule is CCN1CCN(C(=O)N[C@H](C(=O)N[C@@H]2C(=O)N3[C@@H](C(=O)O)C(C)(C)S[C@@H]23)c2ccccc2)C(=O)C1=O. The van der Waals surface area contributed by atoms with Crippen molar-refractivity contribution >= 4 is 47.4 Å². The van der Waals surface area contributed by atoms with E-state index in [1.807, 2.05) is 0 Å². The monoisotopic (exact) mass is 517 g/mol. The summed E-state index contributed by atoms with van der Waals surface area (Å²) >= 11 is 1.28. The number of benzene rings is 1. The van der Waals surface area contributed by atoms with Gasteiger partial charge in [-0.3, -0.25) is 24.1 Å². The van der Waals surface area contributed by atoms with Gasteiger partial charge in [-0.1, -0.05) is 30.3 Å². The van der Waals surface area contributed by atoms with E-state index in [4.69, 9.17) is 0 Å². The van der Waals surface area contributed by atoms with E-state index in [9.17, 15) is 33.9 Å². The van der Waals surface area contributed by atoms with Crippen LogP contribution < -0.4 is 10.6 Å². The van der Waals surface area contributed by atoms with Crippen LogP contribution in [0.1, 0.15) is 32.4 Å². The molecule has 0 saturated carbocycles. The molecule has 0 bridgehead atoms. The number of likely N-dealkylation sites (N-methyl/N-ethyl adjacent to an activating group) is 1. The molecule has 1 aromatic rings. The van der Waals surface area contributed by atoms with E-state index in [0.29, 0.717) is 12.1 Å². The van der Waals surface area contributed by atoms with Gasteiger partial charge in [-0.2, -0.15) is 0 Å². The smallest absolute Gasteiger partial charge is 0.327 e. The van der Waals surface area contributed by atoms with Crippen molar-refractivity contribution in [3.05, 3.63) is 35.9 Å². The maximum absolute atomic E-state index is 13.3. The summed E-state index contributed by atoms with van der Waals surface area (Å²) in [5.74, 6) is -4.12. The number of thioether (sulfide) groups is 1. The number of carboxylic acids is 1. The predicted octanol–water partition coefficient (Wildman–Crippen LogP) is -0.240. The molecule has 3 aliphatic rings. The van der Waals surface area contributed by atoms with Gasteiger partial charge in [0.05, 0.1) is 0 Å². The molecule has 192 valence electrons. The van der Waals surface area contributed by atoms with Crippen LogP contribution in [0, 0.1) is 0 Å². The van der Waals surface area contributed by atoms with Gasteiger partial charge in [-0.15, -0.1) is 11.8 Å². The minimum atomic E-state index is -1.26. The Bertz CT molecular complexity index is 1130. The van der Waals surface area contributed by atoms with Crippen LogP contribution in [-0.2, 0) is 24.0 Å². The summed E-state index contributed by atoms with van der Waals surface area (Å²) in [4.78, 5) is 78.8. The van der Waals surface area contributed by atoms with Gasteiger partial charge in [-0.05, 0) is 26.3 Å². The Labute approximate surface area is 211 Å². The highest BCUT2D eigenvalue weighted by molar-refractivity contribution is 8.01. The zero-order valence-corrected chi connectivity index (χ0v) is 20.8. The van der Waals surface area contributed by atoms with Crippen LogP contribution in [-0.4, -0.2) is 97.3 Å². The first kappa shape index (κ1) is 25.5. The predicted molar refractivity (Wildman–Crippen MR) is 127 cm³/mol. The number of rotatable bonds is 6. The first-order chi connectivity index (χ1) is 17.0. The van der Waals surface area contributed by atoms with Crippen molar-refractivity contribution in [1.82, 2.24) is 25.3 Å². The average Bonchev–Trinajstić information content (AvgIpc) is 3.10. The molecule has 0 aromatic heterocycles. The van der Waals surface area contributed by atoms with Gasteiger partial charge in [0.15, 0.2) is 0 Å². The van der Waals surface area contributed by atoms with E-state index in [-0.39, 0.29) is 13.1 Å². The average molecular weight is 518 g/mol. The summed E-state index contributed by atoms with van der Waals surface area (Å²) < 4.78 is -0.758. The lowest BCUT2D eigenvalue weighted by Crippen LogP contribution is -2.71. The molecule has 4 atom stereocenters.